The molecule has 1 atom stereocenters. The van der Waals surface area contributed by atoms with Crippen molar-refractivity contribution in [2.75, 3.05) is 7.11 Å². The molecule has 0 bridgehead atoms. The zero-order chi connectivity index (χ0) is 12.6. The Bertz CT molecular complexity index is 556. The Balaban J connectivity index is 2.76. The molecule has 0 fully saturated rings. The van der Waals surface area contributed by atoms with Gasteiger partial charge in [0.15, 0.2) is 0 Å². The molecule has 90 valence electrons. The Kier molecular flexibility index (Phi) is 3.07. The molecule has 0 aliphatic rings. The van der Waals surface area contributed by atoms with Gasteiger partial charge in [-0.25, -0.2) is 0 Å². The second-order valence-electron chi connectivity index (χ2n) is 4.50. The second-order valence-corrected chi connectivity index (χ2v) is 4.50. The molecule has 17 heavy (non-hydrogen) atoms. The minimum absolute atomic E-state index is 0.429. The zero-order valence-electron chi connectivity index (χ0n) is 10.7. The summed E-state index contributed by atoms with van der Waals surface area (Å²) < 4.78 is 5.36. The molecule has 2 aromatic carbocycles. The lowest BCUT2D eigenvalue weighted by molar-refractivity contribution is 0.199. The lowest BCUT2D eigenvalue weighted by Gasteiger charge is -2.13. The molecule has 2 aromatic rings. The number of rotatable bonds is 2. The third kappa shape index (κ3) is 2.01. The van der Waals surface area contributed by atoms with Crippen LogP contribution < -0.4 is 4.74 Å². The van der Waals surface area contributed by atoms with Crippen LogP contribution in [-0.4, -0.2) is 12.2 Å². The van der Waals surface area contributed by atoms with E-state index in [0.29, 0.717) is 0 Å². The maximum Gasteiger partial charge on any atom is 0.122 e. The largest absolute Gasteiger partial charge is 0.496 e. The van der Waals surface area contributed by atoms with Gasteiger partial charge in [-0.2, -0.15) is 0 Å². The second kappa shape index (κ2) is 4.38. The van der Waals surface area contributed by atoms with E-state index >= 15 is 0 Å². The third-order valence-corrected chi connectivity index (χ3v) is 3.29. The molecule has 1 N–H and O–H groups in total. The highest BCUT2D eigenvalue weighted by molar-refractivity contribution is 5.91. The van der Waals surface area contributed by atoms with Crippen molar-refractivity contribution in [3.05, 3.63) is 41.0 Å². The fourth-order valence-electron chi connectivity index (χ4n) is 2.20. The summed E-state index contributed by atoms with van der Waals surface area (Å²) in [6, 6.07) is 8.13. The van der Waals surface area contributed by atoms with Crippen molar-refractivity contribution < 1.29 is 9.84 Å². The van der Waals surface area contributed by atoms with Gasteiger partial charge < -0.3 is 9.84 Å². The van der Waals surface area contributed by atoms with Crippen molar-refractivity contribution in [1.29, 1.82) is 0 Å². The minimum atomic E-state index is -0.429. The number of fused-ring (bicyclic) bond motifs is 1. The van der Waals surface area contributed by atoms with Gasteiger partial charge in [-0.3, -0.25) is 0 Å². The normalized spacial score (nSPS) is 12.8. The quantitative estimate of drug-likeness (QED) is 0.855. The number of methoxy groups -OCH3 is 1. The van der Waals surface area contributed by atoms with E-state index in [1.165, 1.54) is 16.3 Å². The first-order valence-corrected chi connectivity index (χ1v) is 5.80. The Morgan fingerprint density at radius 1 is 1.12 bits per heavy atom. The number of aryl methyl sites for hydroxylation is 2. The maximum atomic E-state index is 9.62. The lowest BCUT2D eigenvalue weighted by atomic mass is 9.97. The molecule has 0 saturated carbocycles. The number of hydrogen-bond acceptors (Lipinski definition) is 2. The third-order valence-electron chi connectivity index (χ3n) is 3.29. The van der Waals surface area contributed by atoms with Crippen molar-refractivity contribution in [2.45, 2.75) is 26.9 Å². The highest BCUT2D eigenvalue weighted by Gasteiger charge is 2.09. The van der Waals surface area contributed by atoms with Crippen molar-refractivity contribution >= 4 is 10.8 Å². The average molecular weight is 230 g/mol. The maximum absolute atomic E-state index is 9.62. The predicted molar refractivity (Wildman–Crippen MR) is 70.6 cm³/mol. The van der Waals surface area contributed by atoms with Crippen LogP contribution in [0.5, 0.6) is 5.75 Å². The van der Waals surface area contributed by atoms with Crippen molar-refractivity contribution in [3.8, 4) is 5.75 Å². The van der Waals surface area contributed by atoms with Gasteiger partial charge in [0.2, 0.25) is 0 Å². The van der Waals surface area contributed by atoms with Gasteiger partial charge in [-0.05, 0) is 60.4 Å². The summed E-state index contributed by atoms with van der Waals surface area (Å²) in [7, 11) is 1.69. The van der Waals surface area contributed by atoms with Gasteiger partial charge in [-0.1, -0.05) is 12.1 Å². The molecule has 1 unspecified atom stereocenters. The number of aliphatic hydroxyl groups excluding tert-OH is 1. The van der Waals surface area contributed by atoms with Crippen LogP contribution in [0, 0.1) is 13.8 Å². The van der Waals surface area contributed by atoms with Crippen molar-refractivity contribution in [2.24, 2.45) is 0 Å². The summed E-state index contributed by atoms with van der Waals surface area (Å²) in [6.07, 6.45) is -0.429. The molecule has 2 heteroatoms. The van der Waals surface area contributed by atoms with Gasteiger partial charge in [0.1, 0.15) is 5.75 Å². The van der Waals surface area contributed by atoms with Gasteiger partial charge >= 0.3 is 0 Å². The molecule has 0 saturated heterocycles. The van der Waals surface area contributed by atoms with Crippen LogP contribution in [0.1, 0.15) is 29.7 Å². The molecule has 0 radical (unpaired) electrons. The highest BCUT2D eigenvalue weighted by Crippen LogP contribution is 2.31. The molecule has 0 spiro atoms. The summed E-state index contributed by atoms with van der Waals surface area (Å²) in [5.74, 6) is 0.916. The Morgan fingerprint density at radius 3 is 2.41 bits per heavy atom. The molecule has 0 aromatic heterocycles. The summed E-state index contributed by atoms with van der Waals surface area (Å²) in [6.45, 7) is 5.91. The first kappa shape index (κ1) is 11.9. The van der Waals surface area contributed by atoms with Crippen LogP contribution >= 0.6 is 0 Å². The van der Waals surface area contributed by atoms with Gasteiger partial charge in [0.05, 0.1) is 13.2 Å². The van der Waals surface area contributed by atoms with Crippen LogP contribution in [0.2, 0.25) is 0 Å². The minimum Gasteiger partial charge on any atom is -0.496 e. The first-order valence-electron chi connectivity index (χ1n) is 5.80. The predicted octanol–water partition coefficient (Wildman–Crippen LogP) is 3.52. The summed E-state index contributed by atoms with van der Waals surface area (Å²) in [4.78, 5) is 0. The Labute approximate surface area is 102 Å². The number of ether oxygens (including phenoxy) is 1. The van der Waals surface area contributed by atoms with Crippen LogP contribution in [0.15, 0.2) is 24.3 Å². The van der Waals surface area contributed by atoms with E-state index in [0.717, 1.165) is 16.9 Å². The van der Waals surface area contributed by atoms with E-state index in [-0.39, 0.29) is 0 Å². The first-order chi connectivity index (χ1) is 8.04. The SMILES string of the molecule is COc1cc(C)c2cc(C(C)O)ccc2c1C. The average Bonchev–Trinajstić information content (AvgIpc) is 2.33. The van der Waals surface area contributed by atoms with Gasteiger partial charge in [0, 0.05) is 0 Å². The molecule has 0 aliphatic heterocycles. The summed E-state index contributed by atoms with van der Waals surface area (Å²) >= 11 is 0. The summed E-state index contributed by atoms with van der Waals surface area (Å²) in [5, 5.41) is 12.0. The van der Waals surface area contributed by atoms with Crippen molar-refractivity contribution in [1.82, 2.24) is 0 Å². The van der Waals surface area contributed by atoms with Gasteiger partial charge in [0.25, 0.3) is 0 Å². The van der Waals surface area contributed by atoms with E-state index in [2.05, 4.69) is 26.0 Å². The standard InChI is InChI=1S/C15H18O2/c1-9-7-15(17-4)10(2)13-6-5-12(11(3)16)8-14(9)13/h5-8,11,16H,1-4H3. The molecule has 2 nitrogen and oxygen atoms in total. The Hall–Kier alpha value is -1.54. The number of benzene rings is 2. The number of aliphatic hydroxyl groups is 1. The fraction of sp³-hybridized carbons (Fsp3) is 0.333. The lowest BCUT2D eigenvalue weighted by Crippen LogP contribution is -1.94. The van der Waals surface area contributed by atoms with E-state index < -0.39 is 6.10 Å². The summed E-state index contributed by atoms with van der Waals surface area (Å²) in [5.41, 5.74) is 3.26. The highest BCUT2D eigenvalue weighted by atomic mass is 16.5. The molecule has 0 aliphatic carbocycles. The smallest absolute Gasteiger partial charge is 0.122 e. The number of hydrogen-bond donors (Lipinski definition) is 1. The van der Waals surface area contributed by atoms with E-state index in [1.807, 2.05) is 12.1 Å². The van der Waals surface area contributed by atoms with Crippen LogP contribution in [-0.2, 0) is 0 Å². The topological polar surface area (TPSA) is 29.5 Å². The van der Waals surface area contributed by atoms with Crippen LogP contribution in [0.3, 0.4) is 0 Å². The van der Waals surface area contributed by atoms with E-state index in [9.17, 15) is 5.11 Å². The van der Waals surface area contributed by atoms with Crippen LogP contribution in [0.25, 0.3) is 10.8 Å². The Morgan fingerprint density at radius 2 is 1.82 bits per heavy atom. The molecular weight excluding hydrogens is 212 g/mol. The van der Waals surface area contributed by atoms with E-state index in [1.54, 1.807) is 14.0 Å². The molecular formula is C15H18O2. The van der Waals surface area contributed by atoms with Crippen LogP contribution in [0.4, 0.5) is 0 Å². The molecule has 0 heterocycles. The van der Waals surface area contributed by atoms with Crippen molar-refractivity contribution in [3.63, 3.8) is 0 Å². The van der Waals surface area contributed by atoms with Gasteiger partial charge in [-0.15, -0.1) is 0 Å². The molecule has 0 amide bonds. The molecule has 2 rings (SSSR count). The monoisotopic (exact) mass is 230 g/mol. The zero-order valence-corrected chi connectivity index (χ0v) is 10.7. The van der Waals surface area contributed by atoms with E-state index in [4.69, 9.17) is 4.74 Å². The fourth-order valence-corrected chi connectivity index (χ4v) is 2.20.